The van der Waals surface area contributed by atoms with Crippen LogP contribution in [0.3, 0.4) is 0 Å². The molecule has 2 N–H and O–H groups in total. The molecule has 0 aliphatic heterocycles. The summed E-state index contributed by atoms with van der Waals surface area (Å²) in [6.45, 7) is 6.67. The van der Waals surface area contributed by atoms with Crippen molar-refractivity contribution in [3.05, 3.63) is 52.0 Å². The number of carbonyl (C=O) groups is 1. The van der Waals surface area contributed by atoms with Gasteiger partial charge in [-0.25, -0.2) is 9.78 Å². The highest BCUT2D eigenvalue weighted by molar-refractivity contribution is 7.11. The summed E-state index contributed by atoms with van der Waals surface area (Å²) in [5.74, 6) is 0.323. The molecule has 2 amide bonds. The molecule has 1 atom stereocenters. The van der Waals surface area contributed by atoms with Gasteiger partial charge in [0.05, 0.1) is 17.6 Å². The fourth-order valence-corrected chi connectivity index (χ4v) is 2.88. The molecule has 1 heterocycles. The van der Waals surface area contributed by atoms with Crippen molar-refractivity contribution in [2.45, 2.75) is 33.4 Å². The van der Waals surface area contributed by atoms with Crippen LogP contribution in [0.15, 0.2) is 36.5 Å². The van der Waals surface area contributed by atoms with Crippen molar-refractivity contribution in [3.63, 3.8) is 0 Å². The molecule has 4 nitrogen and oxygen atoms in total. The molecular formula is C16H21N3OS. The van der Waals surface area contributed by atoms with Crippen molar-refractivity contribution in [3.8, 4) is 0 Å². The van der Waals surface area contributed by atoms with Gasteiger partial charge in [-0.2, -0.15) is 0 Å². The van der Waals surface area contributed by atoms with E-state index in [9.17, 15) is 4.79 Å². The van der Waals surface area contributed by atoms with Crippen LogP contribution >= 0.6 is 11.3 Å². The van der Waals surface area contributed by atoms with E-state index in [2.05, 4.69) is 29.5 Å². The van der Waals surface area contributed by atoms with Gasteiger partial charge in [-0.15, -0.1) is 11.3 Å². The summed E-state index contributed by atoms with van der Waals surface area (Å²) in [5, 5.41) is 6.94. The first-order chi connectivity index (χ1) is 10.1. The lowest BCUT2D eigenvalue weighted by Crippen LogP contribution is -2.39. The third kappa shape index (κ3) is 4.56. The maximum atomic E-state index is 12.1. The molecule has 0 radical (unpaired) electrons. The van der Waals surface area contributed by atoms with Gasteiger partial charge in [-0.3, -0.25) is 0 Å². The SMILES string of the molecule is Cc1ncc(CNC(=O)NC(c2ccccc2)C(C)C)s1. The second-order valence-corrected chi connectivity index (χ2v) is 6.62. The highest BCUT2D eigenvalue weighted by atomic mass is 32.1. The van der Waals surface area contributed by atoms with E-state index in [0.717, 1.165) is 15.4 Å². The van der Waals surface area contributed by atoms with Gasteiger partial charge in [0, 0.05) is 11.1 Å². The zero-order chi connectivity index (χ0) is 15.2. The maximum Gasteiger partial charge on any atom is 0.315 e. The first kappa shape index (κ1) is 15.5. The summed E-state index contributed by atoms with van der Waals surface area (Å²) in [4.78, 5) is 17.3. The average Bonchev–Trinajstić information content (AvgIpc) is 2.89. The number of benzene rings is 1. The number of hydrogen-bond acceptors (Lipinski definition) is 3. The van der Waals surface area contributed by atoms with Gasteiger partial charge in [-0.05, 0) is 18.4 Å². The lowest BCUT2D eigenvalue weighted by atomic mass is 9.96. The van der Waals surface area contributed by atoms with E-state index >= 15 is 0 Å². The number of nitrogens with one attached hydrogen (secondary N) is 2. The molecule has 0 fully saturated rings. The second kappa shape index (κ2) is 7.22. The van der Waals surface area contributed by atoms with Crippen molar-refractivity contribution in [1.29, 1.82) is 0 Å². The lowest BCUT2D eigenvalue weighted by molar-refractivity contribution is 0.233. The van der Waals surface area contributed by atoms with Crippen LogP contribution < -0.4 is 10.6 Å². The van der Waals surface area contributed by atoms with Gasteiger partial charge >= 0.3 is 6.03 Å². The van der Waals surface area contributed by atoms with Crippen LogP contribution in [0, 0.1) is 12.8 Å². The molecular weight excluding hydrogens is 282 g/mol. The van der Waals surface area contributed by atoms with Gasteiger partial charge < -0.3 is 10.6 Å². The van der Waals surface area contributed by atoms with Gasteiger partial charge in [0.1, 0.15) is 0 Å². The fourth-order valence-electron chi connectivity index (χ4n) is 2.14. The molecule has 1 aromatic heterocycles. The van der Waals surface area contributed by atoms with Gasteiger partial charge in [0.2, 0.25) is 0 Å². The highest BCUT2D eigenvalue weighted by Crippen LogP contribution is 2.21. The Kier molecular flexibility index (Phi) is 5.33. The van der Waals surface area contributed by atoms with Crippen LogP contribution in [0.4, 0.5) is 4.79 Å². The average molecular weight is 303 g/mol. The minimum absolute atomic E-state index is 0.00870. The number of aryl methyl sites for hydroxylation is 1. The fraction of sp³-hybridized carbons (Fsp3) is 0.375. The number of urea groups is 1. The highest BCUT2D eigenvalue weighted by Gasteiger charge is 2.17. The van der Waals surface area contributed by atoms with Crippen LogP contribution in [0.1, 0.15) is 35.3 Å². The number of carbonyl (C=O) groups excluding carboxylic acids is 1. The van der Waals surface area contributed by atoms with Crippen molar-refractivity contribution in [2.24, 2.45) is 5.92 Å². The molecule has 2 rings (SSSR count). The standard InChI is InChI=1S/C16H21N3OS/c1-11(2)15(13-7-5-4-6-8-13)19-16(20)18-10-14-9-17-12(3)21-14/h4-9,11,15H,10H2,1-3H3,(H2,18,19,20). The van der Waals surface area contributed by atoms with E-state index in [1.807, 2.05) is 37.3 Å². The van der Waals surface area contributed by atoms with Crippen molar-refractivity contribution >= 4 is 17.4 Å². The van der Waals surface area contributed by atoms with Crippen molar-refractivity contribution < 1.29 is 4.79 Å². The molecule has 21 heavy (non-hydrogen) atoms. The number of aromatic nitrogens is 1. The number of amides is 2. The Morgan fingerprint density at radius 2 is 2.00 bits per heavy atom. The van der Waals surface area contributed by atoms with E-state index in [0.29, 0.717) is 12.5 Å². The number of nitrogens with zero attached hydrogens (tertiary/aromatic N) is 1. The van der Waals surface area contributed by atoms with Crippen LogP contribution in [0.25, 0.3) is 0 Å². The Hall–Kier alpha value is -1.88. The summed E-state index contributed by atoms with van der Waals surface area (Å²) >= 11 is 1.60. The first-order valence-corrected chi connectivity index (χ1v) is 7.88. The summed E-state index contributed by atoms with van der Waals surface area (Å²) in [7, 11) is 0. The molecule has 0 aliphatic rings. The minimum Gasteiger partial charge on any atom is -0.333 e. The predicted octanol–water partition coefficient (Wildman–Crippen LogP) is 3.65. The Balaban J connectivity index is 1.93. The quantitative estimate of drug-likeness (QED) is 0.886. The molecule has 0 saturated carbocycles. The van der Waals surface area contributed by atoms with Crippen molar-refractivity contribution in [2.75, 3.05) is 0 Å². The zero-order valence-corrected chi connectivity index (χ0v) is 13.4. The smallest absolute Gasteiger partial charge is 0.315 e. The van der Waals surface area contributed by atoms with E-state index in [1.54, 1.807) is 17.5 Å². The van der Waals surface area contributed by atoms with Crippen LogP contribution in [0.5, 0.6) is 0 Å². The zero-order valence-electron chi connectivity index (χ0n) is 12.6. The third-order valence-corrected chi connectivity index (χ3v) is 4.12. The summed E-state index contributed by atoms with van der Waals surface area (Å²) in [6, 6.07) is 9.90. The van der Waals surface area contributed by atoms with Crippen LogP contribution in [-0.2, 0) is 6.54 Å². The Labute approximate surface area is 129 Å². The molecule has 0 saturated heterocycles. The topological polar surface area (TPSA) is 54.0 Å². The molecule has 0 bridgehead atoms. The summed E-state index contributed by atoms with van der Waals surface area (Å²) in [5.41, 5.74) is 1.12. The summed E-state index contributed by atoms with van der Waals surface area (Å²) < 4.78 is 0. The number of hydrogen-bond donors (Lipinski definition) is 2. The van der Waals surface area contributed by atoms with E-state index < -0.39 is 0 Å². The molecule has 1 unspecified atom stereocenters. The van der Waals surface area contributed by atoms with Gasteiger partial charge in [0.15, 0.2) is 0 Å². The number of rotatable bonds is 5. The monoisotopic (exact) mass is 303 g/mol. The summed E-state index contributed by atoms with van der Waals surface area (Å²) in [6.07, 6.45) is 1.80. The van der Waals surface area contributed by atoms with E-state index in [-0.39, 0.29) is 12.1 Å². The minimum atomic E-state index is -0.149. The lowest BCUT2D eigenvalue weighted by Gasteiger charge is -2.23. The molecule has 5 heteroatoms. The largest absolute Gasteiger partial charge is 0.333 e. The third-order valence-electron chi connectivity index (χ3n) is 3.20. The van der Waals surface area contributed by atoms with Crippen molar-refractivity contribution in [1.82, 2.24) is 15.6 Å². The maximum absolute atomic E-state index is 12.1. The van der Waals surface area contributed by atoms with Gasteiger partial charge in [0.25, 0.3) is 0 Å². The van der Waals surface area contributed by atoms with Gasteiger partial charge in [-0.1, -0.05) is 44.2 Å². The van der Waals surface area contributed by atoms with E-state index in [1.165, 1.54) is 0 Å². The Bertz CT molecular complexity index is 580. The van der Waals surface area contributed by atoms with Crippen LogP contribution in [0.2, 0.25) is 0 Å². The Morgan fingerprint density at radius 3 is 2.57 bits per heavy atom. The molecule has 2 aromatic rings. The molecule has 0 spiro atoms. The molecule has 112 valence electrons. The molecule has 1 aromatic carbocycles. The van der Waals surface area contributed by atoms with Crippen LogP contribution in [-0.4, -0.2) is 11.0 Å². The predicted molar refractivity (Wildman–Crippen MR) is 86.2 cm³/mol. The normalized spacial score (nSPS) is 12.2. The second-order valence-electron chi connectivity index (χ2n) is 5.30. The van der Waals surface area contributed by atoms with E-state index in [4.69, 9.17) is 0 Å². The Morgan fingerprint density at radius 1 is 1.29 bits per heavy atom. The number of thiazole rings is 1. The first-order valence-electron chi connectivity index (χ1n) is 7.07. The molecule has 0 aliphatic carbocycles.